The number of carboxylic acids is 1. The molecule has 0 heterocycles. The van der Waals surface area contributed by atoms with Gasteiger partial charge in [0.25, 0.3) is 0 Å². The maximum absolute atomic E-state index is 12.3. The van der Waals surface area contributed by atoms with Gasteiger partial charge in [-0.15, -0.1) is 0 Å². The van der Waals surface area contributed by atoms with E-state index in [2.05, 4.69) is 0 Å². The van der Waals surface area contributed by atoms with Crippen LogP contribution >= 0.6 is 0 Å². The largest absolute Gasteiger partial charge is 0.481 e. The second-order valence-corrected chi connectivity index (χ2v) is 5.27. The first-order valence-corrected chi connectivity index (χ1v) is 7.86. The molecular formula is C17H25NO5. The lowest BCUT2D eigenvalue weighted by atomic mass is 10.1. The number of hydrogen-bond donors (Lipinski definition) is 2. The van der Waals surface area contributed by atoms with Crippen molar-refractivity contribution in [2.45, 2.75) is 45.4 Å². The molecule has 0 aromatic heterocycles. The topological polar surface area (TPSA) is 87.1 Å². The minimum Gasteiger partial charge on any atom is -0.481 e. The number of aliphatic hydroxyl groups excluding tert-OH is 1. The van der Waals surface area contributed by atoms with Gasteiger partial charge in [0.1, 0.15) is 0 Å². The van der Waals surface area contributed by atoms with E-state index in [1.807, 2.05) is 30.3 Å². The van der Waals surface area contributed by atoms with Gasteiger partial charge in [-0.25, -0.2) is 0 Å². The molecule has 6 heteroatoms. The third-order valence-electron chi connectivity index (χ3n) is 3.34. The Bertz CT molecular complexity index is 477. The number of benzene rings is 1. The number of nitrogens with zero attached hydrogens (tertiary/aromatic N) is 1. The lowest BCUT2D eigenvalue weighted by Crippen LogP contribution is -2.38. The Hall–Kier alpha value is -1.92. The summed E-state index contributed by atoms with van der Waals surface area (Å²) in [6.45, 7) is 2.63. The zero-order valence-electron chi connectivity index (χ0n) is 13.5. The second-order valence-electron chi connectivity index (χ2n) is 5.27. The van der Waals surface area contributed by atoms with Crippen LogP contribution in [0.2, 0.25) is 0 Å². The average Bonchev–Trinajstić information content (AvgIpc) is 2.52. The van der Waals surface area contributed by atoms with Crippen LogP contribution in [0, 0.1) is 0 Å². The molecule has 0 aliphatic carbocycles. The molecule has 6 nitrogen and oxygen atoms in total. The van der Waals surface area contributed by atoms with Crippen LogP contribution in [-0.4, -0.2) is 46.4 Å². The first-order valence-electron chi connectivity index (χ1n) is 7.86. The second kappa shape index (κ2) is 10.7. The van der Waals surface area contributed by atoms with Crippen molar-refractivity contribution in [2.24, 2.45) is 0 Å². The van der Waals surface area contributed by atoms with Crippen LogP contribution in [0.1, 0.15) is 38.2 Å². The zero-order chi connectivity index (χ0) is 17.1. The predicted octanol–water partition coefficient (Wildman–Crippen LogP) is 2.02. The van der Waals surface area contributed by atoms with Gasteiger partial charge in [-0.3, -0.25) is 9.59 Å². The molecular weight excluding hydrogens is 298 g/mol. The van der Waals surface area contributed by atoms with Crippen molar-refractivity contribution in [1.82, 2.24) is 4.90 Å². The zero-order valence-corrected chi connectivity index (χ0v) is 13.5. The summed E-state index contributed by atoms with van der Waals surface area (Å²) in [5, 5.41) is 18.4. The fourth-order valence-electron chi connectivity index (χ4n) is 2.20. The number of ether oxygens (including phenoxy) is 1. The summed E-state index contributed by atoms with van der Waals surface area (Å²) in [5.74, 6) is -0.969. The van der Waals surface area contributed by atoms with Crippen molar-refractivity contribution < 1.29 is 24.5 Å². The Labute approximate surface area is 136 Å². The molecule has 0 radical (unpaired) electrons. The normalized spacial score (nSPS) is 11.9. The van der Waals surface area contributed by atoms with E-state index in [1.165, 1.54) is 0 Å². The Morgan fingerprint density at radius 1 is 1.17 bits per heavy atom. The van der Waals surface area contributed by atoms with Gasteiger partial charge >= 0.3 is 5.97 Å². The van der Waals surface area contributed by atoms with Crippen molar-refractivity contribution in [3.63, 3.8) is 0 Å². The summed E-state index contributed by atoms with van der Waals surface area (Å²) in [7, 11) is 0. The summed E-state index contributed by atoms with van der Waals surface area (Å²) in [4.78, 5) is 24.4. The summed E-state index contributed by atoms with van der Waals surface area (Å²) in [5.41, 5.74) is 0.968. The third kappa shape index (κ3) is 8.32. The molecule has 2 N–H and O–H groups in total. The highest BCUT2D eigenvalue weighted by Gasteiger charge is 2.18. The SMILES string of the molecule is CCOC(O)CN(Cc1ccccc1)C(=O)CCCCC(=O)O. The number of carbonyl (C=O) groups is 2. The molecule has 1 rings (SSSR count). The highest BCUT2D eigenvalue weighted by atomic mass is 16.6. The van der Waals surface area contributed by atoms with Gasteiger partial charge in [-0.2, -0.15) is 0 Å². The molecule has 0 aliphatic rings. The first kappa shape index (κ1) is 19.1. The van der Waals surface area contributed by atoms with E-state index < -0.39 is 12.3 Å². The molecule has 0 saturated heterocycles. The van der Waals surface area contributed by atoms with Crippen LogP contribution in [0.3, 0.4) is 0 Å². The van der Waals surface area contributed by atoms with E-state index in [0.717, 1.165) is 5.56 Å². The number of rotatable bonds is 11. The molecule has 0 aliphatic heterocycles. The van der Waals surface area contributed by atoms with Crippen LogP contribution in [-0.2, 0) is 20.9 Å². The smallest absolute Gasteiger partial charge is 0.303 e. The van der Waals surface area contributed by atoms with E-state index in [-0.39, 0.29) is 25.3 Å². The molecule has 1 amide bonds. The van der Waals surface area contributed by atoms with Gasteiger partial charge in [0.2, 0.25) is 5.91 Å². The van der Waals surface area contributed by atoms with Crippen molar-refractivity contribution in [2.75, 3.05) is 13.2 Å². The van der Waals surface area contributed by atoms with Gasteiger partial charge in [0, 0.05) is 26.0 Å². The Balaban J connectivity index is 2.58. The molecule has 23 heavy (non-hydrogen) atoms. The van der Waals surface area contributed by atoms with Crippen LogP contribution in [0.4, 0.5) is 0 Å². The lowest BCUT2D eigenvalue weighted by Gasteiger charge is -2.25. The maximum atomic E-state index is 12.3. The van der Waals surface area contributed by atoms with E-state index >= 15 is 0 Å². The van der Waals surface area contributed by atoms with Gasteiger partial charge in [0.05, 0.1) is 6.54 Å². The number of aliphatic carboxylic acids is 1. The van der Waals surface area contributed by atoms with Crippen LogP contribution < -0.4 is 0 Å². The first-order chi connectivity index (χ1) is 11.0. The van der Waals surface area contributed by atoms with Crippen molar-refractivity contribution in [1.29, 1.82) is 0 Å². The molecule has 1 atom stereocenters. The molecule has 1 unspecified atom stereocenters. The molecule has 0 saturated carbocycles. The van der Waals surface area contributed by atoms with Crippen LogP contribution in [0.5, 0.6) is 0 Å². The summed E-state index contributed by atoms with van der Waals surface area (Å²) in [6.07, 6.45) is 0.286. The predicted molar refractivity (Wildman–Crippen MR) is 85.6 cm³/mol. The number of unbranched alkanes of at least 4 members (excludes halogenated alkanes) is 1. The fraction of sp³-hybridized carbons (Fsp3) is 0.529. The number of hydrogen-bond acceptors (Lipinski definition) is 4. The van der Waals surface area contributed by atoms with Gasteiger partial charge in [0.15, 0.2) is 6.29 Å². The van der Waals surface area contributed by atoms with Crippen LogP contribution in [0.15, 0.2) is 30.3 Å². The van der Waals surface area contributed by atoms with Gasteiger partial charge in [-0.1, -0.05) is 30.3 Å². The molecule has 1 aromatic carbocycles. The molecule has 0 spiro atoms. The molecule has 0 bridgehead atoms. The standard InChI is InChI=1S/C17H25NO5/c1-2-23-17(22)13-18(12-14-8-4-3-5-9-14)15(19)10-6-7-11-16(20)21/h3-5,8-9,17,22H,2,6-7,10-13H2,1H3,(H,20,21). The van der Waals surface area contributed by atoms with Gasteiger partial charge in [-0.05, 0) is 25.3 Å². The third-order valence-corrected chi connectivity index (χ3v) is 3.34. The highest BCUT2D eigenvalue weighted by Crippen LogP contribution is 2.10. The lowest BCUT2D eigenvalue weighted by molar-refractivity contribution is -0.145. The molecule has 128 valence electrons. The molecule has 0 fully saturated rings. The van der Waals surface area contributed by atoms with E-state index in [4.69, 9.17) is 9.84 Å². The summed E-state index contributed by atoms with van der Waals surface area (Å²) in [6, 6.07) is 9.51. The number of aliphatic hydroxyl groups is 1. The molecule has 1 aromatic rings. The van der Waals surface area contributed by atoms with Crippen molar-refractivity contribution >= 4 is 11.9 Å². The maximum Gasteiger partial charge on any atom is 0.303 e. The van der Waals surface area contributed by atoms with Crippen LogP contribution in [0.25, 0.3) is 0 Å². The van der Waals surface area contributed by atoms with Crippen molar-refractivity contribution in [3.05, 3.63) is 35.9 Å². The minimum absolute atomic E-state index is 0.0630. The summed E-state index contributed by atoms with van der Waals surface area (Å²) >= 11 is 0. The van der Waals surface area contributed by atoms with E-state index in [9.17, 15) is 14.7 Å². The monoisotopic (exact) mass is 323 g/mol. The Morgan fingerprint density at radius 2 is 1.83 bits per heavy atom. The number of amides is 1. The Kier molecular flexibility index (Phi) is 8.94. The summed E-state index contributed by atoms with van der Waals surface area (Å²) < 4.78 is 5.10. The van der Waals surface area contributed by atoms with Crippen molar-refractivity contribution in [3.8, 4) is 0 Å². The number of carboxylic acid groups (broad SMARTS) is 1. The van der Waals surface area contributed by atoms with E-state index in [0.29, 0.717) is 26.0 Å². The fourth-order valence-corrected chi connectivity index (χ4v) is 2.20. The minimum atomic E-state index is -1.02. The quantitative estimate of drug-likeness (QED) is 0.480. The number of carbonyl (C=O) groups excluding carboxylic acids is 1. The Morgan fingerprint density at radius 3 is 2.43 bits per heavy atom. The highest BCUT2D eigenvalue weighted by molar-refractivity contribution is 5.76. The average molecular weight is 323 g/mol. The van der Waals surface area contributed by atoms with E-state index in [1.54, 1.807) is 11.8 Å². The van der Waals surface area contributed by atoms with Gasteiger partial charge < -0.3 is 19.8 Å².